The van der Waals surface area contributed by atoms with Crippen LogP contribution in [0.4, 0.5) is 0 Å². The van der Waals surface area contributed by atoms with E-state index in [1.54, 1.807) is 0 Å². The average Bonchev–Trinajstić information content (AvgIpc) is 2.61. The summed E-state index contributed by atoms with van der Waals surface area (Å²) in [6, 6.07) is 4.47. The van der Waals surface area contributed by atoms with E-state index in [0.29, 0.717) is 6.04 Å². The quantitative estimate of drug-likeness (QED) is 0.849. The van der Waals surface area contributed by atoms with Crippen molar-refractivity contribution in [1.82, 2.24) is 5.32 Å². The molecule has 86 valence electrons. The van der Waals surface area contributed by atoms with Crippen LogP contribution < -0.4 is 5.32 Å². The minimum Gasteiger partial charge on any atom is -0.453 e. The van der Waals surface area contributed by atoms with Gasteiger partial charge >= 0.3 is 0 Å². The highest BCUT2D eigenvalue weighted by Crippen LogP contribution is 2.14. The van der Waals surface area contributed by atoms with Crippen molar-refractivity contribution in [1.29, 1.82) is 0 Å². The number of halogens is 1. The molecule has 0 aliphatic heterocycles. The van der Waals surface area contributed by atoms with Gasteiger partial charge in [-0.1, -0.05) is 20.3 Å². The number of nitrogens with one attached hydrogen (secondary N) is 1. The fraction of sp³-hybridized carbons (Fsp3) is 0.667. The summed E-state index contributed by atoms with van der Waals surface area (Å²) in [7, 11) is 0. The Hall–Kier alpha value is -0.280. The topological polar surface area (TPSA) is 25.2 Å². The van der Waals surface area contributed by atoms with E-state index in [4.69, 9.17) is 4.42 Å². The van der Waals surface area contributed by atoms with E-state index < -0.39 is 0 Å². The molecule has 0 bridgehead atoms. The number of hydrogen-bond donors (Lipinski definition) is 1. The maximum atomic E-state index is 5.42. The van der Waals surface area contributed by atoms with Gasteiger partial charge in [0.25, 0.3) is 0 Å². The van der Waals surface area contributed by atoms with Crippen LogP contribution in [0.5, 0.6) is 0 Å². The maximum absolute atomic E-state index is 5.42. The number of rotatable bonds is 6. The van der Waals surface area contributed by atoms with Crippen LogP contribution in [0, 0.1) is 5.92 Å². The Morgan fingerprint density at radius 3 is 2.67 bits per heavy atom. The predicted octanol–water partition coefficient (Wildman–Crippen LogP) is 3.96. The zero-order chi connectivity index (χ0) is 11.3. The first-order valence-corrected chi connectivity index (χ1v) is 6.38. The minimum absolute atomic E-state index is 0.545. The van der Waals surface area contributed by atoms with Crippen LogP contribution in [-0.4, -0.2) is 6.04 Å². The Morgan fingerprint density at radius 1 is 1.40 bits per heavy atom. The predicted molar refractivity (Wildman–Crippen MR) is 66.8 cm³/mol. The summed E-state index contributed by atoms with van der Waals surface area (Å²) in [5.74, 6) is 1.77. The first-order chi connectivity index (χ1) is 7.11. The highest BCUT2D eigenvalue weighted by atomic mass is 79.9. The molecule has 2 atom stereocenters. The van der Waals surface area contributed by atoms with E-state index in [1.165, 1.54) is 12.8 Å². The van der Waals surface area contributed by atoms with Crippen molar-refractivity contribution in [3.63, 3.8) is 0 Å². The zero-order valence-corrected chi connectivity index (χ0v) is 11.3. The van der Waals surface area contributed by atoms with E-state index in [1.807, 2.05) is 12.1 Å². The first-order valence-electron chi connectivity index (χ1n) is 5.59. The molecule has 0 aliphatic rings. The van der Waals surface area contributed by atoms with Gasteiger partial charge in [-0.15, -0.1) is 0 Å². The SMILES string of the molecule is CCC(C)CC(C)NCc1ccc(Br)o1. The van der Waals surface area contributed by atoms with Crippen LogP contribution in [0.25, 0.3) is 0 Å². The Balaban J connectivity index is 2.25. The third-order valence-electron chi connectivity index (χ3n) is 2.71. The first kappa shape index (κ1) is 12.8. The second-order valence-electron chi connectivity index (χ2n) is 4.24. The smallest absolute Gasteiger partial charge is 0.169 e. The molecule has 2 unspecified atom stereocenters. The molecule has 3 heteroatoms. The van der Waals surface area contributed by atoms with Gasteiger partial charge < -0.3 is 9.73 Å². The van der Waals surface area contributed by atoms with Crippen molar-refractivity contribution in [2.75, 3.05) is 0 Å². The van der Waals surface area contributed by atoms with Gasteiger partial charge in [-0.2, -0.15) is 0 Å². The van der Waals surface area contributed by atoms with E-state index in [0.717, 1.165) is 22.9 Å². The molecule has 1 rings (SSSR count). The van der Waals surface area contributed by atoms with Crippen LogP contribution in [0.2, 0.25) is 0 Å². The molecule has 15 heavy (non-hydrogen) atoms. The molecule has 1 aromatic rings. The minimum atomic E-state index is 0.545. The molecule has 0 amide bonds. The van der Waals surface area contributed by atoms with Crippen LogP contribution in [0.1, 0.15) is 39.4 Å². The largest absolute Gasteiger partial charge is 0.453 e. The molecule has 0 aromatic carbocycles. The summed E-state index contributed by atoms with van der Waals surface area (Å²) in [6.45, 7) is 7.57. The van der Waals surface area contributed by atoms with Crippen molar-refractivity contribution < 1.29 is 4.42 Å². The van der Waals surface area contributed by atoms with Gasteiger partial charge in [0.2, 0.25) is 0 Å². The molecular formula is C12H20BrNO. The van der Waals surface area contributed by atoms with Crippen LogP contribution in [-0.2, 0) is 6.54 Å². The van der Waals surface area contributed by atoms with E-state index in [2.05, 4.69) is 42.0 Å². The Labute approximate surface area is 101 Å². The number of furan rings is 1. The summed E-state index contributed by atoms with van der Waals surface area (Å²) in [5.41, 5.74) is 0. The fourth-order valence-corrected chi connectivity index (χ4v) is 1.92. The molecule has 1 heterocycles. The lowest BCUT2D eigenvalue weighted by molar-refractivity contribution is 0.388. The van der Waals surface area contributed by atoms with Gasteiger partial charge in [-0.05, 0) is 47.3 Å². The molecule has 0 aliphatic carbocycles. The highest BCUT2D eigenvalue weighted by molar-refractivity contribution is 9.10. The van der Waals surface area contributed by atoms with Gasteiger partial charge in [-0.25, -0.2) is 0 Å². The van der Waals surface area contributed by atoms with E-state index >= 15 is 0 Å². The molecule has 1 N–H and O–H groups in total. The lowest BCUT2D eigenvalue weighted by Gasteiger charge is -2.16. The van der Waals surface area contributed by atoms with Gasteiger partial charge in [0.15, 0.2) is 4.67 Å². The second-order valence-corrected chi connectivity index (χ2v) is 5.02. The van der Waals surface area contributed by atoms with E-state index in [9.17, 15) is 0 Å². The van der Waals surface area contributed by atoms with Crippen molar-refractivity contribution in [3.05, 3.63) is 22.6 Å². The van der Waals surface area contributed by atoms with Gasteiger partial charge in [0.1, 0.15) is 5.76 Å². The molecule has 0 radical (unpaired) electrons. The summed E-state index contributed by atoms with van der Waals surface area (Å²) >= 11 is 3.30. The van der Waals surface area contributed by atoms with Crippen molar-refractivity contribution in [2.45, 2.75) is 46.2 Å². The molecular weight excluding hydrogens is 254 g/mol. The van der Waals surface area contributed by atoms with Gasteiger partial charge in [0, 0.05) is 6.04 Å². The standard InChI is InChI=1S/C12H20BrNO/c1-4-9(2)7-10(3)14-8-11-5-6-12(13)15-11/h5-6,9-10,14H,4,7-8H2,1-3H3. The normalized spacial score (nSPS) is 15.2. The monoisotopic (exact) mass is 273 g/mol. The van der Waals surface area contributed by atoms with Crippen molar-refractivity contribution in [3.8, 4) is 0 Å². The Morgan fingerprint density at radius 2 is 2.13 bits per heavy atom. The summed E-state index contributed by atoms with van der Waals surface area (Å²) in [6.07, 6.45) is 2.47. The highest BCUT2D eigenvalue weighted by Gasteiger charge is 2.07. The lowest BCUT2D eigenvalue weighted by Crippen LogP contribution is -2.27. The Kier molecular flexibility index (Phi) is 5.40. The molecule has 2 nitrogen and oxygen atoms in total. The molecule has 0 spiro atoms. The molecule has 1 aromatic heterocycles. The van der Waals surface area contributed by atoms with Crippen LogP contribution in [0.15, 0.2) is 21.2 Å². The summed E-state index contributed by atoms with van der Waals surface area (Å²) < 4.78 is 6.22. The number of hydrogen-bond acceptors (Lipinski definition) is 2. The van der Waals surface area contributed by atoms with Gasteiger partial charge in [-0.3, -0.25) is 0 Å². The van der Waals surface area contributed by atoms with Crippen molar-refractivity contribution >= 4 is 15.9 Å². The fourth-order valence-electron chi connectivity index (χ4n) is 1.58. The van der Waals surface area contributed by atoms with Crippen LogP contribution in [0.3, 0.4) is 0 Å². The van der Waals surface area contributed by atoms with Crippen molar-refractivity contribution in [2.24, 2.45) is 5.92 Å². The average molecular weight is 274 g/mol. The second kappa shape index (κ2) is 6.33. The third kappa shape index (κ3) is 4.85. The summed E-state index contributed by atoms with van der Waals surface area (Å²) in [4.78, 5) is 0. The molecule has 0 saturated carbocycles. The summed E-state index contributed by atoms with van der Waals surface area (Å²) in [5, 5.41) is 3.46. The molecule has 0 saturated heterocycles. The zero-order valence-electron chi connectivity index (χ0n) is 9.72. The molecule has 0 fully saturated rings. The lowest BCUT2D eigenvalue weighted by atomic mass is 10.0. The third-order valence-corrected chi connectivity index (χ3v) is 3.13. The Bertz CT molecular complexity index is 285. The van der Waals surface area contributed by atoms with Gasteiger partial charge in [0.05, 0.1) is 6.54 Å². The van der Waals surface area contributed by atoms with Crippen LogP contribution >= 0.6 is 15.9 Å². The van der Waals surface area contributed by atoms with E-state index in [-0.39, 0.29) is 0 Å². The maximum Gasteiger partial charge on any atom is 0.169 e.